The minimum atomic E-state index is 0.717. The zero-order valence-electron chi connectivity index (χ0n) is 21.6. The van der Waals surface area contributed by atoms with E-state index in [-0.39, 0.29) is 0 Å². The Hall–Kier alpha value is -5.41. The maximum Gasteiger partial charge on any atom is 0.160 e. The van der Waals surface area contributed by atoms with Crippen molar-refractivity contribution in [3.05, 3.63) is 140 Å². The summed E-state index contributed by atoms with van der Waals surface area (Å²) >= 11 is 0. The molecule has 8 rings (SSSR count). The van der Waals surface area contributed by atoms with Gasteiger partial charge in [0.15, 0.2) is 5.82 Å². The van der Waals surface area contributed by atoms with Crippen molar-refractivity contribution in [3.63, 3.8) is 0 Å². The van der Waals surface area contributed by atoms with Crippen molar-refractivity contribution in [1.82, 2.24) is 15.0 Å². The van der Waals surface area contributed by atoms with E-state index in [0.717, 1.165) is 61.0 Å². The van der Waals surface area contributed by atoms with Gasteiger partial charge in [-0.05, 0) is 39.9 Å². The minimum absolute atomic E-state index is 0.717. The van der Waals surface area contributed by atoms with Gasteiger partial charge < -0.3 is 0 Å². The van der Waals surface area contributed by atoms with E-state index in [2.05, 4.69) is 132 Å². The van der Waals surface area contributed by atoms with Crippen LogP contribution < -0.4 is 0 Å². The van der Waals surface area contributed by atoms with E-state index in [0.29, 0.717) is 0 Å². The Balaban J connectivity index is 1.33. The third-order valence-electron chi connectivity index (χ3n) is 7.70. The molecule has 2 heterocycles. The van der Waals surface area contributed by atoms with Gasteiger partial charge in [0.1, 0.15) is 0 Å². The van der Waals surface area contributed by atoms with Crippen molar-refractivity contribution in [3.8, 4) is 33.8 Å². The van der Waals surface area contributed by atoms with Crippen molar-refractivity contribution in [1.29, 1.82) is 0 Å². The molecule has 3 nitrogen and oxygen atoms in total. The van der Waals surface area contributed by atoms with Crippen LogP contribution in [0.3, 0.4) is 0 Å². The molecule has 0 aliphatic rings. The van der Waals surface area contributed by atoms with Crippen molar-refractivity contribution in [2.75, 3.05) is 0 Å². The van der Waals surface area contributed by atoms with E-state index in [9.17, 15) is 0 Å². The van der Waals surface area contributed by atoms with E-state index in [1.807, 2.05) is 12.3 Å². The summed E-state index contributed by atoms with van der Waals surface area (Å²) in [4.78, 5) is 15.0. The first-order valence-electron chi connectivity index (χ1n) is 13.5. The summed E-state index contributed by atoms with van der Waals surface area (Å²) in [6.07, 6.45) is 1.85. The summed E-state index contributed by atoms with van der Waals surface area (Å²) in [5.74, 6) is 0.717. The summed E-state index contributed by atoms with van der Waals surface area (Å²) in [6.45, 7) is 0. The Morgan fingerprint density at radius 1 is 0.400 bits per heavy atom. The van der Waals surface area contributed by atoms with Crippen LogP contribution in [-0.4, -0.2) is 15.0 Å². The van der Waals surface area contributed by atoms with Crippen LogP contribution in [0.15, 0.2) is 140 Å². The highest BCUT2D eigenvalue weighted by Gasteiger charge is 2.15. The number of nitrogens with zero attached hydrogens (tertiary/aromatic N) is 3. The number of para-hydroxylation sites is 1. The van der Waals surface area contributed by atoms with Crippen LogP contribution in [0.4, 0.5) is 0 Å². The van der Waals surface area contributed by atoms with Gasteiger partial charge in [0.05, 0.1) is 16.7 Å². The Bertz CT molecular complexity index is 2210. The van der Waals surface area contributed by atoms with Crippen LogP contribution in [0.2, 0.25) is 0 Å². The summed E-state index contributed by atoms with van der Waals surface area (Å²) in [5.41, 5.74) is 7.22. The Labute approximate surface area is 231 Å². The van der Waals surface area contributed by atoms with E-state index in [4.69, 9.17) is 9.97 Å². The molecule has 0 saturated carbocycles. The zero-order chi connectivity index (χ0) is 26.5. The lowest BCUT2D eigenvalue weighted by Crippen LogP contribution is -1.96. The maximum absolute atomic E-state index is 5.18. The smallest absolute Gasteiger partial charge is 0.160 e. The average Bonchev–Trinajstić information content (AvgIpc) is 3.03. The number of aromatic nitrogens is 3. The molecular formula is C37H23N3. The Kier molecular flexibility index (Phi) is 5.14. The molecule has 0 fully saturated rings. The van der Waals surface area contributed by atoms with Gasteiger partial charge in [-0.2, -0.15) is 0 Å². The lowest BCUT2D eigenvalue weighted by molar-refractivity contribution is 1.23. The van der Waals surface area contributed by atoms with Crippen LogP contribution in [0.5, 0.6) is 0 Å². The van der Waals surface area contributed by atoms with Gasteiger partial charge in [-0.25, -0.2) is 9.97 Å². The number of hydrogen-bond donors (Lipinski definition) is 0. The molecule has 8 aromatic rings. The first kappa shape index (κ1) is 22.6. The van der Waals surface area contributed by atoms with Gasteiger partial charge in [0, 0.05) is 39.0 Å². The third kappa shape index (κ3) is 3.71. The van der Waals surface area contributed by atoms with Crippen molar-refractivity contribution in [2.24, 2.45) is 0 Å². The number of fused-ring (bicyclic) bond motifs is 5. The van der Waals surface area contributed by atoms with Crippen LogP contribution in [0, 0.1) is 0 Å². The van der Waals surface area contributed by atoms with Crippen LogP contribution in [0.25, 0.3) is 77.1 Å². The second-order valence-corrected chi connectivity index (χ2v) is 10.1. The molecule has 6 aromatic carbocycles. The molecule has 40 heavy (non-hydrogen) atoms. The SMILES string of the molecule is c1ccc2cc(-c3nc(-c4ccc(-c5cccc6cccnc56)cc4)nc4c3ccc3ccccc34)ccc2c1. The number of hydrogen-bond acceptors (Lipinski definition) is 3. The molecule has 0 atom stereocenters. The van der Waals surface area contributed by atoms with Crippen LogP contribution in [0.1, 0.15) is 0 Å². The zero-order valence-corrected chi connectivity index (χ0v) is 21.6. The molecule has 0 aliphatic heterocycles. The van der Waals surface area contributed by atoms with Crippen LogP contribution >= 0.6 is 0 Å². The van der Waals surface area contributed by atoms with E-state index >= 15 is 0 Å². The van der Waals surface area contributed by atoms with Crippen LogP contribution in [-0.2, 0) is 0 Å². The lowest BCUT2D eigenvalue weighted by Gasteiger charge is -2.13. The third-order valence-corrected chi connectivity index (χ3v) is 7.70. The summed E-state index contributed by atoms with van der Waals surface area (Å²) in [7, 11) is 0. The molecular weight excluding hydrogens is 486 g/mol. The van der Waals surface area contributed by atoms with Gasteiger partial charge in [0.2, 0.25) is 0 Å². The highest BCUT2D eigenvalue weighted by Crippen LogP contribution is 2.35. The van der Waals surface area contributed by atoms with Gasteiger partial charge >= 0.3 is 0 Å². The monoisotopic (exact) mass is 509 g/mol. The molecule has 186 valence electrons. The fourth-order valence-electron chi connectivity index (χ4n) is 5.69. The molecule has 0 spiro atoms. The van der Waals surface area contributed by atoms with E-state index in [1.54, 1.807) is 0 Å². The predicted octanol–water partition coefficient (Wildman–Crippen LogP) is 9.49. The molecule has 0 radical (unpaired) electrons. The fraction of sp³-hybridized carbons (Fsp3) is 0. The summed E-state index contributed by atoms with van der Waals surface area (Å²) in [5, 5.41) is 6.90. The second-order valence-electron chi connectivity index (χ2n) is 10.1. The summed E-state index contributed by atoms with van der Waals surface area (Å²) in [6, 6.07) is 46.7. The maximum atomic E-state index is 5.18. The van der Waals surface area contributed by atoms with Crippen molar-refractivity contribution >= 4 is 43.4 Å². The normalized spacial score (nSPS) is 11.5. The summed E-state index contributed by atoms with van der Waals surface area (Å²) < 4.78 is 0. The molecule has 0 bridgehead atoms. The molecule has 0 amide bonds. The predicted molar refractivity (Wildman–Crippen MR) is 166 cm³/mol. The molecule has 3 heteroatoms. The molecule has 0 N–H and O–H groups in total. The number of pyridine rings is 1. The number of benzene rings is 6. The topological polar surface area (TPSA) is 38.7 Å². The highest BCUT2D eigenvalue weighted by atomic mass is 14.9. The van der Waals surface area contributed by atoms with Crippen molar-refractivity contribution < 1.29 is 0 Å². The van der Waals surface area contributed by atoms with Gasteiger partial charge in [-0.3, -0.25) is 4.98 Å². The molecule has 2 aromatic heterocycles. The Morgan fingerprint density at radius 2 is 1.10 bits per heavy atom. The van der Waals surface area contributed by atoms with Gasteiger partial charge in [-0.1, -0.05) is 115 Å². The van der Waals surface area contributed by atoms with Gasteiger partial charge in [-0.15, -0.1) is 0 Å². The van der Waals surface area contributed by atoms with Gasteiger partial charge in [0.25, 0.3) is 0 Å². The molecule has 0 aliphatic carbocycles. The largest absolute Gasteiger partial charge is 0.256 e. The highest BCUT2D eigenvalue weighted by molar-refractivity contribution is 6.10. The first-order chi connectivity index (χ1) is 19.8. The number of rotatable bonds is 3. The average molecular weight is 510 g/mol. The quantitative estimate of drug-likeness (QED) is 0.223. The van der Waals surface area contributed by atoms with Crippen molar-refractivity contribution in [2.45, 2.75) is 0 Å². The minimum Gasteiger partial charge on any atom is -0.256 e. The standard InChI is InChI=1S/C37H23N3/c1-2-9-29-23-30(19-14-24(29)7-1)35-33-21-20-25-8-3-4-12-32(25)36(33)40-37(39-35)28-17-15-26(16-18-28)31-13-5-10-27-11-6-22-38-34(27)31/h1-23H. The molecule has 0 unspecified atom stereocenters. The van der Waals surface area contributed by atoms with E-state index in [1.165, 1.54) is 16.2 Å². The molecule has 0 saturated heterocycles. The second kappa shape index (κ2) is 9.11. The van der Waals surface area contributed by atoms with E-state index < -0.39 is 0 Å². The fourth-order valence-corrected chi connectivity index (χ4v) is 5.69. The lowest BCUT2D eigenvalue weighted by atomic mass is 9.98. The first-order valence-corrected chi connectivity index (χ1v) is 13.5. The Morgan fingerprint density at radius 3 is 2.00 bits per heavy atom.